The van der Waals surface area contributed by atoms with Crippen LogP contribution in [0.3, 0.4) is 0 Å². The highest BCUT2D eigenvalue weighted by Gasteiger charge is 2.09. The fourth-order valence-electron chi connectivity index (χ4n) is 1.76. The van der Waals surface area contributed by atoms with Gasteiger partial charge in [0.1, 0.15) is 11.6 Å². The van der Waals surface area contributed by atoms with Gasteiger partial charge in [-0.05, 0) is 30.2 Å². The Kier molecular flexibility index (Phi) is 3.40. The number of phenols is 1. The summed E-state index contributed by atoms with van der Waals surface area (Å²) in [6.07, 6.45) is 0.488. The summed E-state index contributed by atoms with van der Waals surface area (Å²) in [4.78, 5) is 0. The zero-order valence-electron chi connectivity index (χ0n) is 9.23. The average Bonchev–Trinajstić information content (AvgIpc) is 2.33. The molecule has 88 valence electrons. The van der Waals surface area contributed by atoms with E-state index < -0.39 is 0 Å². The predicted octanol–water partition coefficient (Wildman–Crippen LogP) is 2.73. The van der Waals surface area contributed by atoms with Gasteiger partial charge in [-0.3, -0.25) is 0 Å². The lowest BCUT2D eigenvalue weighted by Gasteiger charge is -2.08. The normalized spacial score (nSPS) is 10.5. The Morgan fingerprint density at radius 1 is 1.00 bits per heavy atom. The van der Waals surface area contributed by atoms with Crippen LogP contribution in [-0.4, -0.2) is 16.8 Å². The van der Waals surface area contributed by atoms with Crippen molar-refractivity contribution in [3.05, 3.63) is 53.8 Å². The van der Waals surface area contributed by atoms with Gasteiger partial charge >= 0.3 is 0 Å². The van der Waals surface area contributed by atoms with E-state index in [0.717, 1.165) is 5.56 Å². The monoisotopic (exact) mass is 232 g/mol. The maximum absolute atomic E-state index is 13.6. The van der Waals surface area contributed by atoms with E-state index in [-0.39, 0.29) is 18.2 Å². The molecule has 17 heavy (non-hydrogen) atoms. The standard InChI is InChI=1S/C14H13FO2/c15-13-4-2-1-3-11(13)12-9-10(7-8-16)5-6-14(12)17/h1-6,9,16-17H,7-8H2. The Hall–Kier alpha value is -1.87. The molecular weight excluding hydrogens is 219 g/mol. The van der Waals surface area contributed by atoms with Crippen molar-refractivity contribution < 1.29 is 14.6 Å². The van der Waals surface area contributed by atoms with E-state index in [1.807, 2.05) is 0 Å². The quantitative estimate of drug-likeness (QED) is 0.854. The number of aliphatic hydroxyl groups is 1. The molecule has 0 amide bonds. The SMILES string of the molecule is OCCc1ccc(O)c(-c2ccccc2F)c1. The van der Waals surface area contributed by atoms with Crippen LogP contribution >= 0.6 is 0 Å². The van der Waals surface area contributed by atoms with Crippen molar-refractivity contribution >= 4 is 0 Å². The molecule has 0 aliphatic carbocycles. The summed E-state index contributed by atoms with van der Waals surface area (Å²) in [6.45, 7) is 0.0293. The number of phenolic OH excluding ortho intramolecular Hbond substituents is 1. The molecule has 2 rings (SSSR count). The number of aromatic hydroxyl groups is 1. The minimum atomic E-state index is -0.371. The molecule has 0 aromatic heterocycles. The molecule has 0 atom stereocenters. The topological polar surface area (TPSA) is 40.5 Å². The van der Waals surface area contributed by atoms with Crippen molar-refractivity contribution in [2.75, 3.05) is 6.61 Å². The minimum absolute atomic E-state index is 0.0293. The molecule has 0 radical (unpaired) electrons. The van der Waals surface area contributed by atoms with Gasteiger partial charge in [-0.15, -0.1) is 0 Å². The number of halogens is 1. The maximum atomic E-state index is 13.6. The van der Waals surface area contributed by atoms with Crippen molar-refractivity contribution in [3.63, 3.8) is 0 Å². The zero-order chi connectivity index (χ0) is 12.3. The van der Waals surface area contributed by atoms with Crippen molar-refractivity contribution in [2.24, 2.45) is 0 Å². The Morgan fingerprint density at radius 3 is 2.47 bits per heavy atom. The van der Waals surface area contributed by atoms with Crippen molar-refractivity contribution in [1.82, 2.24) is 0 Å². The summed E-state index contributed by atoms with van der Waals surface area (Å²) in [5.74, 6) is -0.333. The summed E-state index contributed by atoms with van der Waals surface area (Å²) in [5.41, 5.74) is 1.68. The largest absolute Gasteiger partial charge is 0.507 e. The number of benzene rings is 2. The van der Waals surface area contributed by atoms with E-state index in [9.17, 15) is 9.50 Å². The molecular formula is C14H13FO2. The third-order valence-electron chi connectivity index (χ3n) is 2.63. The van der Waals surface area contributed by atoms with Gasteiger partial charge in [0, 0.05) is 17.7 Å². The number of hydrogen-bond acceptors (Lipinski definition) is 2. The highest BCUT2D eigenvalue weighted by Crippen LogP contribution is 2.31. The zero-order valence-corrected chi connectivity index (χ0v) is 9.23. The first-order valence-electron chi connectivity index (χ1n) is 5.40. The Balaban J connectivity index is 2.51. The van der Waals surface area contributed by atoms with E-state index in [2.05, 4.69) is 0 Å². The molecule has 0 fully saturated rings. The second-order valence-corrected chi connectivity index (χ2v) is 3.80. The molecule has 2 N–H and O–H groups in total. The lowest BCUT2D eigenvalue weighted by molar-refractivity contribution is 0.299. The van der Waals surface area contributed by atoms with Crippen LogP contribution in [0, 0.1) is 5.82 Å². The van der Waals surface area contributed by atoms with Gasteiger partial charge in [0.25, 0.3) is 0 Å². The van der Waals surface area contributed by atoms with Crippen molar-refractivity contribution in [1.29, 1.82) is 0 Å². The molecule has 0 saturated carbocycles. The van der Waals surface area contributed by atoms with Gasteiger partial charge in [0.2, 0.25) is 0 Å². The first kappa shape index (κ1) is 11.6. The van der Waals surface area contributed by atoms with Gasteiger partial charge in [0.15, 0.2) is 0 Å². The van der Waals surface area contributed by atoms with Crippen molar-refractivity contribution in [2.45, 2.75) is 6.42 Å². The van der Waals surface area contributed by atoms with Crippen LogP contribution in [0.1, 0.15) is 5.56 Å². The molecule has 2 aromatic carbocycles. The van der Waals surface area contributed by atoms with Crippen LogP contribution in [-0.2, 0) is 6.42 Å². The number of hydrogen-bond donors (Lipinski definition) is 2. The highest BCUT2D eigenvalue weighted by molar-refractivity contribution is 5.71. The lowest BCUT2D eigenvalue weighted by Crippen LogP contribution is -1.92. The fourth-order valence-corrected chi connectivity index (χ4v) is 1.76. The second kappa shape index (κ2) is 4.97. The first-order chi connectivity index (χ1) is 8.22. The van der Waals surface area contributed by atoms with Crippen molar-refractivity contribution in [3.8, 4) is 16.9 Å². The molecule has 2 aromatic rings. The van der Waals surface area contributed by atoms with Crippen LogP contribution in [0.15, 0.2) is 42.5 Å². The molecule has 0 bridgehead atoms. The molecule has 3 heteroatoms. The van der Waals surface area contributed by atoms with Gasteiger partial charge in [-0.2, -0.15) is 0 Å². The molecule has 0 unspecified atom stereocenters. The summed E-state index contributed by atoms with van der Waals surface area (Å²) < 4.78 is 13.6. The molecule has 0 aliphatic heterocycles. The third kappa shape index (κ3) is 2.45. The van der Waals surface area contributed by atoms with E-state index in [1.165, 1.54) is 12.1 Å². The van der Waals surface area contributed by atoms with Gasteiger partial charge in [-0.25, -0.2) is 4.39 Å². The molecule has 0 spiro atoms. The molecule has 2 nitrogen and oxygen atoms in total. The summed E-state index contributed by atoms with van der Waals surface area (Å²) in [7, 11) is 0. The molecule has 0 heterocycles. The van der Waals surface area contributed by atoms with Gasteiger partial charge in [-0.1, -0.05) is 24.3 Å². The Bertz CT molecular complexity index is 523. The number of rotatable bonds is 3. The van der Waals surface area contributed by atoms with Crippen LogP contribution in [0.2, 0.25) is 0 Å². The average molecular weight is 232 g/mol. The van der Waals surface area contributed by atoms with E-state index in [0.29, 0.717) is 17.5 Å². The van der Waals surface area contributed by atoms with E-state index in [1.54, 1.807) is 30.3 Å². The lowest BCUT2D eigenvalue weighted by atomic mass is 10.0. The Morgan fingerprint density at radius 2 is 1.76 bits per heavy atom. The van der Waals surface area contributed by atoms with Gasteiger partial charge < -0.3 is 10.2 Å². The molecule has 0 saturated heterocycles. The summed E-state index contributed by atoms with van der Waals surface area (Å²) in [5, 5.41) is 18.6. The van der Waals surface area contributed by atoms with Crippen LogP contribution < -0.4 is 0 Å². The summed E-state index contributed by atoms with van der Waals surface area (Å²) >= 11 is 0. The highest BCUT2D eigenvalue weighted by atomic mass is 19.1. The number of aliphatic hydroxyl groups excluding tert-OH is 1. The van der Waals surface area contributed by atoms with Crippen LogP contribution in [0.25, 0.3) is 11.1 Å². The summed E-state index contributed by atoms with van der Waals surface area (Å²) in [6, 6.07) is 11.2. The third-order valence-corrected chi connectivity index (χ3v) is 2.63. The van der Waals surface area contributed by atoms with Crippen LogP contribution in [0.4, 0.5) is 4.39 Å². The molecule has 0 aliphatic rings. The van der Waals surface area contributed by atoms with Crippen LogP contribution in [0.5, 0.6) is 5.75 Å². The second-order valence-electron chi connectivity index (χ2n) is 3.80. The minimum Gasteiger partial charge on any atom is -0.507 e. The van der Waals surface area contributed by atoms with E-state index >= 15 is 0 Å². The smallest absolute Gasteiger partial charge is 0.131 e. The fraction of sp³-hybridized carbons (Fsp3) is 0.143. The predicted molar refractivity (Wildman–Crippen MR) is 64.3 cm³/mol. The van der Waals surface area contributed by atoms with Gasteiger partial charge in [0.05, 0.1) is 0 Å². The Labute approximate surface area is 99.0 Å². The van der Waals surface area contributed by atoms with E-state index in [4.69, 9.17) is 5.11 Å². The maximum Gasteiger partial charge on any atom is 0.131 e. The first-order valence-corrected chi connectivity index (χ1v) is 5.40.